The number of thioether (sulfide) groups is 1. The molecule has 2 aromatic rings. The zero-order valence-electron chi connectivity index (χ0n) is 13.4. The lowest BCUT2D eigenvalue weighted by Gasteiger charge is -2.29. The van der Waals surface area contributed by atoms with Crippen LogP contribution in [0.1, 0.15) is 25.5 Å². The Kier molecular flexibility index (Phi) is 4.49. The number of fused-ring (bicyclic) bond motifs is 2. The Balaban J connectivity index is 1.99. The molecule has 0 bridgehead atoms. The molecule has 1 atom stereocenters. The second-order valence-electron chi connectivity index (χ2n) is 5.96. The van der Waals surface area contributed by atoms with Crippen LogP contribution in [0.25, 0.3) is 10.9 Å². The summed E-state index contributed by atoms with van der Waals surface area (Å²) < 4.78 is 20.4. The van der Waals surface area contributed by atoms with Crippen molar-refractivity contribution in [3.8, 4) is 0 Å². The Morgan fingerprint density at radius 2 is 2.25 bits per heavy atom. The summed E-state index contributed by atoms with van der Waals surface area (Å²) in [5.41, 5.74) is 1.07. The molecule has 0 unspecified atom stereocenters. The number of aromatic nitrogens is 3. The summed E-state index contributed by atoms with van der Waals surface area (Å²) in [7, 11) is 0. The molecule has 2 aliphatic heterocycles. The number of ether oxygens (including phenoxy) is 1. The molecule has 128 valence electrons. The maximum atomic E-state index is 14.6. The summed E-state index contributed by atoms with van der Waals surface area (Å²) in [6, 6.07) is 0.223. The minimum Gasteiger partial charge on any atom is -0.379 e. The molecular weight excluding hydrogens is 351 g/mol. The van der Waals surface area contributed by atoms with Crippen LogP contribution in [0.2, 0.25) is 5.15 Å². The van der Waals surface area contributed by atoms with Gasteiger partial charge in [0.15, 0.2) is 16.1 Å². The van der Waals surface area contributed by atoms with E-state index in [1.54, 1.807) is 0 Å². The van der Waals surface area contributed by atoms with E-state index < -0.39 is 5.82 Å². The lowest BCUT2D eigenvalue weighted by molar-refractivity contribution is 0.132. The first-order valence-electron chi connectivity index (χ1n) is 8.21. The van der Waals surface area contributed by atoms with Crippen molar-refractivity contribution < 1.29 is 9.13 Å². The number of pyridine rings is 1. The number of aryl methyl sites for hydroxylation is 1. The molecule has 0 amide bonds. The van der Waals surface area contributed by atoms with E-state index >= 15 is 0 Å². The van der Waals surface area contributed by atoms with Crippen LogP contribution in [0.4, 0.5) is 10.2 Å². The molecule has 4 rings (SSSR count). The average molecular weight is 369 g/mol. The minimum atomic E-state index is -0.554. The van der Waals surface area contributed by atoms with Crippen LogP contribution in [-0.2, 0) is 11.2 Å². The highest BCUT2D eigenvalue weighted by molar-refractivity contribution is 7.99. The van der Waals surface area contributed by atoms with Crippen molar-refractivity contribution in [3.63, 3.8) is 0 Å². The maximum absolute atomic E-state index is 14.6. The van der Waals surface area contributed by atoms with Crippen molar-refractivity contribution in [1.82, 2.24) is 15.0 Å². The van der Waals surface area contributed by atoms with Gasteiger partial charge >= 0.3 is 0 Å². The van der Waals surface area contributed by atoms with Crippen LogP contribution in [-0.4, -0.2) is 46.5 Å². The van der Waals surface area contributed by atoms with Crippen LogP contribution in [0.3, 0.4) is 0 Å². The summed E-state index contributed by atoms with van der Waals surface area (Å²) in [5.74, 6) is 1.05. The third-order valence-corrected chi connectivity index (χ3v) is 5.46. The van der Waals surface area contributed by atoms with Gasteiger partial charge in [0.2, 0.25) is 0 Å². The maximum Gasteiger partial charge on any atom is 0.190 e. The molecule has 0 N–H and O–H groups in total. The van der Waals surface area contributed by atoms with E-state index in [1.165, 1.54) is 11.8 Å². The zero-order chi connectivity index (χ0) is 16.7. The predicted octanol–water partition coefficient (Wildman–Crippen LogP) is 3.47. The highest BCUT2D eigenvalue weighted by atomic mass is 35.5. The third kappa shape index (κ3) is 2.72. The summed E-state index contributed by atoms with van der Waals surface area (Å²) in [6.45, 7) is 4.28. The Hall–Kier alpha value is -1.18. The third-order valence-electron chi connectivity index (χ3n) is 4.48. The van der Waals surface area contributed by atoms with Crippen LogP contribution in [0, 0.1) is 5.82 Å². The van der Waals surface area contributed by atoms with Gasteiger partial charge in [-0.3, -0.25) is 0 Å². The summed E-state index contributed by atoms with van der Waals surface area (Å²) in [4.78, 5) is 15.7. The molecular formula is C16H18ClFN4OS. The molecule has 0 saturated carbocycles. The smallest absolute Gasteiger partial charge is 0.190 e. The van der Waals surface area contributed by atoms with E-state index in [0.29, 0.717) is 17.1 Å². The molecule has 1 saturated heterocycles. The largest absolute Gasteiger partial charge is 0.379 e. The first-order chi connectivity index (χ1) is 11.7. The molecule has 2 aromatic heterocycles. The molecule has 0 radical (unpaired) electrons. The minimum absolute atomic E-state index is 0.108. The number of halogens is 2. The van der Waals surface area contributed by atoms with Gasteiger partial charge in [-0.2, -0.15) is 0 Å². The van der Waals surface area contributed by atoms with Gasteiger partial charge in [-0.05, 0) is 25.0 Å². The number of nitrogens with zero attached hydrogens (tertiary/aromatic N) is 4. The molecule has 5 nitrogen and oxygen atoms in total. The van der Waals surface area contributed by atoms with Gasteiger partial charge in [-0.15, -0.1) is 0 Å². The second kappa shape index (κ2) is 6.61. The van der Waals surface area contributed by atoms with Crippen molar-refractivity contribution in [1.29, 1.82) is 0 Å². The Morgan fingerprint density at radius 1 is 1.38 bits per heavy atom. The first kappa shape index (κ1) is 16.3. The van der Waals surface area contributed by atoms with Gasteiger partial charge in [-0.1, -0.05) is 30.3 Å². The van der Waals surface area contributed by atoms with Gasteiger partial charge in [0.05, 0.1) is 23.7 Å². The van der Waals surface area contributed by atoms with Crippen molar-refractivity contribution in [2.45, 2.75) is 37.4 Å². The second-order valence-corrected chi connectivity index (χ2v) is 7.55. The fourth-order valence-corrected chi connectivity index (χ4v) is 4.16. The summed E-state index contributed by atoms with van der Waals surface area (Å²) in [6.07, 6.45) is 2.53. The average Bonchev–Trinajstić information content (AvgIpc) is 2.88. The lowest BCUT2D eigenvalue weighted by Crippen LogP contribution is -2.37. The quantitative estimate of drug-likeness (QED) is 0.459. The molecule has 8 heteroatoms. The van der Waals surface area contributed by atoms with Crippen LogP contribution >= 0.6 is 23.4 Å². The van der Waals surface area contributed by atoms with Gasteiger partial charge in [0, 0.05) is 13.2 Å². The molecule has 2 aliphatic rings. The van der Waals surface area contributed by atoms with E-state index in [-0.39, 0.29) is 16.7 Å². The number of hydrogen-bond acceptors (Lipinski definition) is 6. The Morgan fingerprint density at radius 3 is 3.08 bits per heavy atom. The number of anilines is 1. The monoisotopic (exact) mass is 368 g/mol. The van der Waals surface area contributed by atoms with Crippen LogP contribution in [0.15, 0.2) is 5.16 Å². The predicted molar refractivity (Wildman–Crippen MR) is 93.6 cm³/mol. The Bertz CT molecular complexity index is 790. The van der Waals surface area contributed by atoms with Gasteiger partial charge in [-0.25, -0.2) is 19.3 Å². The highest BCUT2D eigenvalue weighted by Gasteiger charge is 2.31. The van der Waals surface area contributed by atoms with Crippen molar-refractivity contribution in [2.75, 3.05) is 30.4 Å². The van der Waals surface area contributed by atoms with Gasteiger partial charge < -0.3 is 9.64 Å². The summed E-state index contributed by atoms with van der Waals surface area (Å²) >= 11 is 7.52. The fraction of sp³-hybridized carbons (Fsp3) is 0.562. The normalized spacial score (nSPS) is 20.6. The van der Waals surface area contributed by atoms with E-state index in [2.05, 4.69) is 14.9 Å². The molecule has 1 fully saturated rings. The molecule has 24 heavy (non-hydrogen) atoms. The molecule has 4 heterocycles. The van der Waals surface area contributed by atoms with Crippen molar-refractivity contribution in [3.05, 3.63) is 16.7 Å². The number of rotatable bonds is 2. The van der Waals surface area contributed by atoms with E-state index in [0.717, 1.165) is 49.7 Å². The highest BCUT2D eigenvalue weighted by Crippen LogP contribution is 2.37. The lowest BCUT2D eigenvalue weighted by atomic mass is 10.1. The van der Waals surface area contributed by atoms with E-state index in [1.807, 2.05) is 6.92 Å². The number of hydrogen-bond donors (Lipinski definition) is 0. The standard InChI is InChI=1S/C16H18ClFN4OS/c1-2-24-16-20-13-11-10(19-14(17)12(13)18)5-4-9-8-23-7-3-6-22(9)15(11)21-16/h9H,2-8H2,1H3/t9-/m1/s1. The SMILES string of the molecule is CCSc1nc2c3c(nc(Cl)c(F)c3n1)CC[C@@H]1COCCCN21. The van der Waals surface area contributed by atoms with Crippen LogP contribution < -0.4 is 4.90 Å². The van der Waals surface area contributed by atoms with Gasteiger partial charge in [0.25, 0.3) is 0 Å². The zero-order valence-corrected chi connectivity index (χ0v) is 15.0. The van der Waals surface area contributed by atoms with E-state index in [9.17, 15) is 4.39 Å². The van der Waals surface area contributed by atoms with E-state index in [4.69, 9.17) is 21.3 Å². The molecule has 0 aromatic carbocycles. The van der Waals surface area contributed by atoms with Crippen molar-refractivity contribution in [2.24, 2.45) is 0 Å². The van der Waals surface area contributed by atoms with Crippen LogP contribution in [0.5, 0.6) is 0 Å². The first-order valence-corrected chi connectivity index (χ1v) is 9.58. The topological polar surface area (TPSA) is 51.1 Å². The van der Waals surface area contributed by atoms with Crippen molar-refractivity contribution >= 4 is 40.1 Å². The van der Waals surface area contributed by atoms with Gasteiger partial charge in [0.1, 0.15) is 11.3 Å². The molecule has 0 spiro atoms. The molecule has 0 aliphatic carbocycles. The Labute approximate surface area is 149 Å². The summed E-state index contributed by atoms with van der Waals surface area (Å²) in [5, 5.41) is 1.18. The fourth-order valence-electron chi connectivity index (χ4n) is 3.41.